The fourth-order valence-corrected chi connectivity index (χ4v) is 4.21. The van der Waals surface area contributed by atoms with E-state index in [1.807, 2.05) is 36.4 Å². The molecule has 194 valence electrons. The topological polar surface area (TPSA) is 90.5 Å². The Bertz CT molecular complexity index is 1260. The second-order valence-electron chi connectivity index (χ2n) is 9.35. The highest BCUT2D eigenvalue weighted by molar-refractivity contribution is 5.44. The molecule has 0 bridgehead atoms. The maximum absolute atomic E-state index is 13.0. The zero-order valence-corrected chi connectivity index (χ0v) is 21.0. The first-order chi connectivity index (χ1) is 18.0. The second-order valence-corrected chi connectivity index (χ2v) is 9.35. The molecule has 8 heteroatoms. The van der Waals surface area contributed by atoms with E-state index >= 15 is 0 Å². The van der Waals surface area contributed by atoms with Gasteiger partial charge in [-0.05, 0) is 42.3 Å². The Hall–Kier alpha value is -3.51. The van der Waals surface area contributed by atoms with Crippen molar-refractivity contribution in [1.82, 2.24) is 20.2 Å². The molecule has 2 atom stereocenters. The number of rotatable bonds is 9. The van der Waals surface area contributed by atoms with E-state index in [0.717, 1.165) is 49.5 Å². The third-order valence-corrected chi connectivity index (χ3v) is 6.49. The number of hydrogen-bond acceptors (Lipinski definition) is 6. The van der Waals surface area contributed by atoms with E-state index in [1.54, 1.807) is 6.92 Å². The fourth-order valence-electron chi connectivity index (χ4n) is 4.21. The normalized spacial score (nSPS) is 15.5. The molecule has 0 aliphatic carbocycles. The van der Waals surface area contributed by atoms with Crippen molar-refractivity contribution >= 4 is 0 Å². The molecule has 1 saturated heterocycles. The van der Waals surface area contributed by atoms with Gasteiger partial charge in [0, 0.05) is 55.7 Å². The highest BCUT2D eigenvalue weighted by Crippen LogP contribution is 2.23. The van der Waals surface area contributed by atoms with E-state index in [9.17, 15) is 14.3 Å². The van der Waals surface area contributed by atoms with Gasteiger partial charge in [0.2, 0.25) is 5.75 Å². The Labute approximate surface area is 216 Å². The van der Waals surface area contributed by atoms with E-state index in [-0.39, 0.29) is 17.7 Å². The Kier molecular flexibility index (Phi) is 9.44. The van der Waals surface area contributed by atoms with E-state index in [1.165, 1.54) is 11.9 Å². The molecule has 7 nitrogen and oxygen atoms in total. The molecule has 0 amide bonds. The lowest BCUT2D eigenvalue weighted by Crippen LogP contribution is -2.35. The Morgan fingerprint density at radius 3 is 2.41 bits per heavy atom. The van der Waals surface area contributed by atoms with Gasteiger partial charge in [0.1, 0.15) is 6.67 Å². The summed E-state index contributed by atoms with van der Waals surface area (Å²) in [6, 6.07) is 15.9. The minimum atomic E-state index is -0.575. The predicted molar refractivity (Wildman–Crippen MR) is 141 cm³/mol. The summed E-state index contributed by atoms with van der Waals surface area (Å²) in [6.45, 7) is 6.20. The van der Waals surface area contributed by atoms with Crippen molar-refractivity contribution in [2.24, 2.45) is 0 Å². The van der Waals surface area contributed by atoms with Gasteiger partial charge >= 0.3 is 0 Å². The zero-order valence-electron chi connectivity index (χ0n) is 21.0. The number of aromatic nitrogens is 2. The van der Waals surface area contributed by atoms with Crippen LogP contribution < -0.4 is 10.9 Å². The highest BCUT2D eigenvalue weighted by Gasteiger charge is 2.18. The van der Waals surface area contributed by atoms with Crippen LogP contribution in [0.25, 0.3) is 0 Å². The summed E-state index contributed by atoms with van der Waals surface area (Å²) in [7, 11) is 0. The summed E-state index contributed by atoms with van der Waals surface area (Å²) >= 11 is 0. The van der Waals surface area contributed by atoms with Crippen LogP contribution in [0.5, 0.6) is 5.75 Å². The van der Waals surface area contributed by atoms with Crippen LogP contribution in [0, 0.1) is 11.8 Å². The summed E-state index contributed by atoms with van der Waals surface area (Å²) in [4.78, 5) is 20.7. The van der Waals surface area contributed by atoms with Gasteiger partial charge in [-0.25, -0.2) is 9.37 Å². The van der Waals surface area contributed by atoms with Gasteiger partial charge in [0.05, 0.1) is 25.2 Å². The summed E-state index contributed by atoms with van der Waals surface area (Å²) in [5.74, 6) is 5.94. The van der Waals surface area contributed by atoms with E-state index in [0.29, 0.717) is 18.7 Å². The number of alkyl halides is 1. The third kappa shape index (κ3) is 7.73. The number of aromatic hydroxyl groups is 1. The van der Waals surface area contributed by atoms with Gasteiger partial charge in [-0.3, -0.25) is 9.69 Å². The van der Waals surface area contributed by atoms with Gasteiger partial charge < -0.3 is 20.1 Å². The van der Waals surface area contributed by atoms with Crippen LogP contribution in [0.4, 0.5) is 4.39 Å². The lowest BCUT2D eigenvalue weighted by Gasteiger charge is -2.26. The number of nitrogens with zero attached hydrogens (tertiary/aromatic N) is 2. The monoisotopic (exact) mass is 504 g/mol. The van der Waals surface area contributed by atoms with Crippen molar-refractivity contribution in [1.29, 1.82) is 0 Å². The number of benzene rings is 2. The minimum Gasteiger partial charge on any atom is -0.502 e. The highest BCUT2D eigenvalue weighted by atomic mass is 19.1. The SMILES string of the molecule is C[C@H](CF)NCC(Cc1nc[nH]c(=O)c1O)c1ccc(C#Cc2ccc(CN3CCOCC3)cc2)cc1. The molecule has 4 rings (SSSR count). The van der Waals surface area contributed by atoms with Crippen molar-refractivity contribution in [3.8, 4) is 17.6 Å². The van der Waals surface area contributed by atoms with Crippen LogP contribution >= 0.6 is 0 Å². The molecule has 1 aliphatic rings. The van der Waals surface area contributed by atoms with Crippen molar-refractivity contribution < 1.29 is 14.2 Å². The number of ether oxygens (including phenoxy) is 1. The molecule has 2 aromatic carbocycles. The van der Waals surface area contributed by atoms with Crippen LogP contribution in [0.3, 0.4) is 0 Å². The number of H-pyrrole nitrogens is 1. The predicted octanol–water partition coefficient (Wildman–Crippen LogP) is 2.98. The fraction of sp³-hybridized carbons (Fsp3) is 0.379. The average Bonchev–Trinajstić information content (AvgIpc) is 2.93. The van der Waals surface area contributed by atoms with Crippen molar-refractivity contribution in [3.63, 3.8) is 0 Å². The zero-order chi connectivity index (χ0) is 26.0. The maximum atomic E-state index is 13.0. The Balaban J connectivity index is 1.43. The summed E-state index contributed by atoms with van der Waals surface area (Å²) < 4.78 is 18.4. The quantitative estimate of drug-likeness (QED) is 0.388. The number of halogens is 1. The second kappa shape index (κ2) is 13.2. The van der Waals surface area contributed by atoms with Gasteiger partial charge in [-0.2, -0.15) is 0 Å². The van der Waals surface area contributed by atoms with Crippen LogP contribution in [0.2, 0.25) is 0 Å². The molecule has 1 fully saturated rings. The summed E-state index contributed by atoms with van der Waals surface area (Å²) in [6.07, 6.45) is 1.61. The standard InChI is InChI=1S/C29H33FN4O3/c1-21(17-30)31-18-26(16-27-28(35)29(36)33-20-32-27)25-10-8-23(9-11-25)3-2-22-4-6-24(7-5-22)19-34-12-14-37-15-13-34/h4-11,20-21,26,31,35H,12-19H2,1H3,(H,32,33,36)/t21-,26?/m1/s1. The van der Waals surface area contributed by atoms with E-state index < -0.39 is 12.2 Å². The van der Waals surface area contributed by atoms with E-state index in [2.05, 4.69) is 44.2 Å². The van der Waals surface area contributed by atoms with Crippen LogP contribution in [-0.2, 0) is 17.7 Å². The van der Waals surface area contributed by atoms with Gasteiger partial charge in [-0.15, -0.1) is 0 Å². The first-order valence-corrected chi connectivity index (χ1v) is 12.6. The molecule has 1 aliphatic heterocycles. The minimum absolute atomic E-state index is 0.116. The average molecular weight is 505 g/mol. The molecule has 3 N–H and O–H groups in total. The Morgan fingerprint density at radius 1 is 1.11 bits per heavy atom. The lowest BCUT2D eigenvalue weighted by atomic mass is 9.92. The number of aromatic amines is 1. The maximum Gasteiger partial charge on any atom is 0.293 e. The van der Waals surface area contributed by atoms with Crippen LogP contribution in [0.15, 0.2) is 59.7 Å². The molecular weight excluding hydrogens is 471 g/mol. The van der Waals surface area contributed by atoms with E-state index in [4.69, 9.17) is 4.74 Å². The molecule has 0 spiro atoms. The molecule has 3 aromatic rings. The first-order valence-electron chi connectivity index (χ1n) is 12.6. The largest absolute Gasteiger partial charge is 0.502 e. The van der Waals surface area contributed by atoms with Gasteiger partial charge in [-0.1, -0.05) is 36.1 Å². The number of nitrogens with one attached hydrogen (secondary N) is 2. The van der Waals surface area contributed by atoms with Crippen LogP contribution in [0.1, 0.15) is 40.8 Å². The van der Waals surface area contributed by atoms with Crippen molar-refractivity contribution in [2.45, 2.75) is 31.8 Å². The molecule has 37 heavy (non-hydrogen) atoms. The van der Waals surface area contributed by atoms with Gasteiger partial charge in [0.25, 0.3) is 5.56 Å². The number of morpholine rings is 1. The molecule has 1 aromatic heterocycles. The molecular formula is C29H33FN4O3. The van der Waals surface area contributed by atoms with Crippen molar-refractivity contribution in [2.75, 3.05) is 39.5 Å². The lowest BCUT2D eigenvalue weighted by molar-refractivity contribution is 0.0342. The first kappa shape index (κ1) is 26.6. The van der Waals surface area contributed by atoms with Gasteiger partial charge in [0.15, 0.2) is 0 Å². The molecule has 2 heterocycles. The van der Waals surface area contributed by atoms with Crippen molar-refractivity contribution in [3.05, 3.63) is 93.2 Å². The molecule has 0 radical (unpaired) electrons. The third-order valence-electron chi connectivity index (χ3n) is 6.49. The molecule has 0 saturated carbocycles. The smallest absolute Gasteiger partial charge is 0.293 e. The Morgan fingerprint density at radius 2 is 1.76 bits per heavy atom. The molecule has 1 unspecified atom stereocenters. The summed E-state index contributed by atoms with van der Waals surface area (Å²) in [5, 5.41) is 13.3. The van der Waals surface area contributed by atoms with Crippen LogP contribution in [-0.4, -0.2) is 65.5 Å². The number of hydrogen-bond donors (Lipinski definition) is 3. The summed E-state index contributed by atoms with van der Waals surface area (Å²) in [5.41, 5.74) is 3.81.